The fourth-order valence-corrected chi connectivity index (χ4v) is 4.42. The van der Waals surface area contributed by atoms with Gasteiger partial charge in [0.05, 0.1) is 23.2 Å². The third-order valence-corrected chi connectivity index (χ3v) is 6.52. The normalized spacial score (nSPS) is 25.3. The summed E-state index contributed by atoms with van der Waals surface area (Å²) in [4.78, 5) is 13.9. The van der Waals surface area contributed by atoms with Gasteiger partial charge in [0.25, 0.3) is 0 Å². The van der Waals surface area contributed by atoms with Crippen LogP contribution in [0, 0.1) is 5.92 Å². The van der Waals surface area contributed by atoms with Gasteiger partial charge in [0, 0.05) is 19.5 Å². The molecule has 0 spiro atoms. The van der Waals surface area contributed by atoms with Crippen molar-refractivity contribution >= 4 is 6.09 Å². The summed E-state index contributed by atoms with van der Waals surface area (Å²) in [7, 11) is 1.30. The molecule has 10 heteroatoms. The SMILES string of the molecule is CC(c1cc(C(F)(F)F)cc(C(F)(F)F)c1)N(C)C(=O)O[C@]12C[C@@H]1CN[C@H]2c1ccccc1. The summed E-state index contributed by atoms with van der Waals surface area (Å²) in [6.45, 7) is 2.01. The lowest BCUT2D eigenvalue weighted by Crippen LogP contribution is -2.38. The van der Waals surface area contributed by atoms with Crippen LogP contribution in [0.4, 0.5) is 31.1 Å². The number of nitrogens with zero attached hydrogens (tertiary/aromatic N) is 1. The van der Waals surface area contributed by atoms with Crippen molar-refractivity contribution in [3.05, 3.63) is 70.8 Å². The molecule has 4 atom stereocenters. The predicted molar refractivity (Wildman–Crippen MR) is 107 cm³/mol. The van der Waals surface area contributed by atoms with E-state index in [1.807, 2.05) is 30.3 Å². The molecule has 0 radical (unpaired) electrons. The van der Waals surface area contributed by atoms with Crippen molar-refractivity contribution in [1.82, 2.24) is 10.2 Å². The number of piperidine rings is 1. The van der Waals surface area contributed by atoms with Crippen LogP contribution in [0.2, 0.25) is 0 Å². The Hall–Kier alpha value is -2.75. The monoisotopic (exact) mass is 472 g/mol. The molecule has 1 saturated heterocycles. The maximum atomic E-state index is 13.2. The molecule has 1 aliphatic heterocycles. The van der Waals surface area contributed by atoms with Gasteiger partial charge in [-0.1, -0.05) is 30.3 Å². The van der Waals surface area contributed by atoms with E-state index in [0.29, 0.717) is 25.1 Å². The number of fused-ring (bicyclic) bond motifs is 1. The molecule has 2 aromatic carbocycles. The van der Waals surface area contributed by atoms with E-state index in [1.165, 1.54) is 14.0 Å². The summed E-state index contributed by atoms with van der Waals surface area (Å²) in [5.74, 6) is 0.0979. The predicted octanol–water partition coefficient (Wildman–Crippen LogP) is 5.96. The van der Waals surface area contributed by atoms with Gasteiger partial charge in [0.15, 0.2) is 0 Å². The second-order valence-corrected chi connectivity index (χ2v) is 8.60. The number of alkyl halides is 6. The number of amides is 1. The smallest absolute Gasteiger partial charge is 0.416 e. The number of halogens is 6. The zero-order valence-corrected chi connectivity index (χ0v) is 17.8. The highest BCUT2D eigenvalue weighted by molar-refractivity contribution is 5.69. The number of hydrogen-bond acceptors (Lipinski definition) is 3. The van der Waals surface area contributed by atoms with Gasteiger partial charge in [-0.2, -0.15) is 26.3 Å². The fraction of sp³-hybridized carbons (Fsp3) is 0.435. The van der Waals surface area contributed by atoms with Gasteiger partial charge in [0.1, 0.15) is 5.60 Å². The van der Waals surface area contributed by atoms with E-state index in [1.54, 1.807) is 0 Å². The van der Waals surface area contributed by atoms with Crippen molar-refractivity contribution in [2.45, 2.75) is 43.4 Å². The highest BCUT2D eigenvalue weighted by atomic mass is 19.4. The van der Waals surface area contributed by atoms with Gasteiger partial charge >= 0.3 is 18.4 Å². The summed E-state index contributed by atoms with van der Waals surface area (Å²) >= 11 is 0. The zero-order chi connectivity index (χ0) is 24.2. The highest BCUT2D eigenvalue weighted by Crippen LogP contribution is 2.58. The molecule has 2 aromatic rings. The molecule has 1 amide bonds. The lowest BCUT2D eigenvalue weighted by molar-refractivity contribution is -0.143. The van der Waals surface area contributed by atoms with Crippen LogP contribution in [0.15, 0.2) is 48.5 Å². The summed E-state index contributed by atoms with van der Waals surface area (Å²) in [6, 6.07) is 9.41. The summed E-state index contributed by atoms with van der Waals surface area (Å²) < 4.78 is 85.1. The molecule has 1 heterocycles. The first-order valence-electron chi connectivity index (χ1n) is 10.4. The fourth-order valence-electron chi connectivity index (χ4n) is 4.42. The van der Waals surface area contributed by atoms with E-state index in [2.05, 4.69) is 5.32 Å². The minimum absolute atomic E-state index is 0.0664. The van der Waals surface area contributed by atoms with Crippen molar-refractivity contribution in [1.29, 1.82) is 0 Å². The first-order valence-corrected chi connectivity index (χ1v) is 10.4. The van der Waals surface area contributed by atoms with E-state index in [9.17, 15) is 31.1 Å². The van der Waals surface area contributed by atoms with Gasteiger partial charge in [0.2, 0.25) is 0 Å². The van der Waals surface area contributed by atoms with Gasteiger partial charge in [-0.25, -0.2) is 4.79 Å². The van der Waals surface area contributed by atoms with Crippen LogP contribution < -0.4 is 5.32 Å². The van der Waals surface area contributed by atoms with Crippen LogP contribution in [0.25, 0.3) is 0 Å². The third-order valence-electron chi connectivity index (χ3n) is 6.52. The Morgan fingerprint density at radius 2 is 1.64 bits per heavy atom. The number of benzene rings is 2. The Balaban J connectivity index is 1.56. The second-order valence-electron chi connectivity index (χ2n) is 8.60. The first kappa shape index (κ1) is 23.4. The van der Waals surface area contributed by atoms with Gasteiger partial charge in [-0.3, -0.25) is 0 Å². The Morgan fingerprint density at radius 3 is 2.15 bits per heavy atom. The number of carbonyl (C=O) groups excluding carboxylic acids is 1. The van der Waals surface area contributed by atoms with Crippen molar-refractivity contribution in [2.75, 3.05) is 13.6 Å². The van der Waals surface area contributed by atoms with E-state index in [4.69, 9.17) is 4.74 Å². The largest absolute Gasteiger partial charge is 0.440 e. The molecule has 0 aromatic heterocycles. The van der Waals surface area contributed by atoms with Crippen molar-refractivity contribution < 1.29 is 35.9 Å². The van der Waals surface area contributed by atoms with Gasteiger partial charge in [-0.15, -0.1) is 0 Å². The van der Waals surface area contributed by atoms with Crippen LogP contribution in [0.3, 0.4) is 0 Å². The molecule has 0 bridgehead atoms. The molecule has 1 saturated carbocycles. The summed E-state index contributed by atoms with van der Waals surface area (Å²) in [5.41, 5.74) is -2.98. The summed E-state index contributed by atoms with van der Waals surface area (Å²) in [5, 5.41) is 3.32. The molecule has 33 heavy (non-hydrogen) atoms. The third kappa shape index (κ3) is 4.40. The number of ether oxygens (including phenoxy) is 1. The van der Waals surface area contributed by atoms with Crippen LogP contribution in [0.1, 0.15) is 47.7 Å². The van der Waals surface area contributed by atoms with Crippen LogP contribution in [-0.2, 0) is 17.1 Å². The molecule has 4 nitrogen and oxygen atoms in total. The first-order chi connectivity index (χ1) is 15.3. The zero-order valence-electron chi connectivity index (χ0n) is 17.8. The average Bonchev–Trinajstić information content (AvgIpc) is 3.34. The Labute approximate surface area is 186 Å². The van der Waals surface area contributed by atoms with E-state index in [-0.39, 0.29) is 23.6 Å². The molecule has 178 valence electrons. The minimum Gasteiger partial charge on any atom is -0.440 e. The summed E-state index contributed by atoms with van der Waals surface area (Å²) in [6.07, 6.45) is -10.1. The lowest BCUT2D eigenvalue weighted by atomic mass is 9.99. The molecule has 1 aliphatic carbocycles. The second kappa shape index (κ2) is 7.93. The molecular weight excluding hydrogens is 450 g/mol. The maximum Gasteiger partial charge on any atom is 0.416 e. The molecule has 1 unspecified atom stereocenters. The number of hydrogen-bond donors (Lipinski definition) is 1. The lowest BCUT2D eigenvalue weighted by Gasteiger charge is -2.30. The van der Waals surface area contributed by atoms with Crippen LogP contribution in [-0.4, -0.2) is 30.2 Å². The maximum absolute atomic E-state index is 13.2. The van der Waals surface area contributed by atoms with Crippen LogP contribution in [0.5, 0.6) is 0 Å². The average molecular weight is 472 g/mol. The van der Waals surface area contributed by atoms with Gasteiger partial charge < -0.3 is 15.0 Å². The molecule has 2 aliphatic rings. The molecular formula is C23H22F6N2O2. The van der Waals surface area contributed by atoms with Crippen molar-refractivity contribution in [3.8, 4) is 0 Å². The van der Waals surface area contributed by atoms with E-state index < -0.39 is 41.2 Å². The Bertz CT molecular complexity index is 1010. The molecule has 2 fully saturated rings. The Kier molecular flexibility index (Phi) is 5.63. The van der Waals surface area contributed by atoms with Gasteiger partial charge in [-0.05, 0) is 42.7 Å². The van der Waals surface area contributed by atoms with Crippen molar-refractivity contribution in [3.63, 3.8) is 0 Å². The van der Waals surface area contributed by atoms with E-state index in [0.717, 1.165) is 10.5 Å². The van der Waals surface area contributed by atoms with E-state index >= 15 is 0 Å². The number of carbonyl (C=O) groups is 1. The number of nitrogens with one attached hydrogen (secondary N) is 1. The topological polar surface area (TPSA) is 41.6 Å². The highest BCUT2D eigenvalue weighted by Gasteiger charge is 2.67. The Morgan fingerprint density at radius 1 is 1.06 bits per heavy atom. The molecule has 4 rings (SSSR count). The number of rotatable bonds is 4. The minimum atomic E-state index is -4.96. The van der Waals surface area contributed by atoms with Crippen LogP contribution >= 0.6 is 0 Å². The standard InChI is InChI=1S/C23H22F6N2O2/c1-13(15-8-16(22(24,25)26)10-17(9-15)23(27,28)29)31(2)20(32)33-21-11-18(21)12-30-19(21)14-6-4-3-5-7-14/h3-10,13,18-19,30H,11-12H2,1-2H3/t13?,18-,19+,21-/m1/s1. The molecule has 1 N–H and O–H groups in total. The van der Waals surface area contributed by atoms with Crippen molar-refractivity contribution in [2.24, 2.45) is 5.92 Å². The quantitative estimate of drug-likeness (QED) is 0.559.